The third-order valence-corrected chi connectivity index (χ3v) is 4.03. The molecule has 0 aliphatic carbocycles. The summed E-state index contributed by atoms with van der Waals surface area (Å²) in [6.07, 6.45) is 0.120. The predicted octanol–water partition coefficient (Wildman–Crippen LogP) is 2.82. The Morgan fingerprint density at radius 3 is 2.57 bits per heavy atom. The van der Waals surface area contributed by atoms with Gasteiger partial charge in [0.15, 0.2) is 5.41 Å². The average molecular weight is 313 g/mol. The van der Waals surface area contributed by atoms with Crippen molar-refractivity contribution in [3.8, 4) is 0 Å². The Morgan fingerprint density at radius 2 is 1.87 bits per heavy atom. The van der Waals surface area contributed by atoms with E-state index in [4.69, 9.17) is 4.74 Å². The smallest absolute Gasteiger partial charge is 0.326 e. The second-order valence-corrected chi connectivity index (χ2v) is 5.43. The number of ether oxygens (including phenoxy) is 1. The van der Waals surface area contributed by atoms with E-state index in [1.807, 2.05) is 0 Å². The third-order valence-electron chi connectivity index (χ3n) is 4.03. The van der Waals surface area contributed by atoms with Gasteiger partial charge in [0.1, 0.15) is 5.82 Å². The molecule has 1 amide bonds. The first-order valence-corrected chi connectivity index (χ1v) is 7.40. The van der Waals surface area contributed by atoms with E-state index in [1.54, 1.807) is 43.3 Å². The highest BCUT2D eigenvalue weighted by atomic mass is 19.1. The van der Waals surface area contributed by atoms with E-state index in [0.29, 0.717) is 16.8 Å². The topological polar surface area (TPSA) is 55.4 Å². The molecule has 0 saturated heterocycles. The number of para-hydroxylation sites is 1. The van der Waals surface area contributed by atoms with Crippen molar-refractivity contribution >= 4 is 17.6 Å². The van der Waals surface area contributed by atoms with Crippen LogP contribution in [0.25, 0.3) is 0 Å². The van der Waals surface area contributed by atoms with Gasteiger partial charge in [0.05, 0.1) is 6.61 Å². The molecule has 1 N–H and O–H groups in total. The van der Waals surface area contributed by atoms with Crippen LogP contribution in [-0.4, -0.2) is 18.5 Å². The predicted molar refractivity (Wildman–Crippen MR) is 83.5 cm³/mol. The van der Waals surface area contributed by atoms with Gasteiger partial charge in [0.2, 0.25) is 5.91 Å². The van der Waals surface area contributed by atoms with Gasteiger partial charge >= 0.3 is 5.97 Å². The maximum atomic E-state index is 13.1. The van der Waals surface area contributed by atoms with E-state index in [0.717, 1.165) is 0 Å². The number of carbonyl (C=O) groups is 2. The van der Waals surface area contributed by atoms with Gasteiger partial charge in [0, 0.05) is 17.7 Å². The molecule has 5 heteroatoms. The fraction of sp³-hybridized carbons (Fsp3) is 0.222. The molecule has 0 fully saturated rings. The molecule has 1 heterocycles. The number of hydrogen-bond acceptors (Lipinski definition) is 3. The van der Waals surface area contributed by atoms with Gasteiger partial charge in [-0.2, -0.15) is 0 Å². The first kappa shape index (κ1) is 15.2. The highest BCUT2D eigenvalue weighted by Crippen LogP contribution is 2.41. The van der Waals surface area contributed by atoms with E-state index < -0.39 is 17.3 Å². The molecule has 0 bridgehead atoms. The zero-order valence-electron chi connectivity index (χ0n) is 12.6. The van der Waals surface area contributed by atoms with Gasteiger partial charge in [-0.1, -0.05) is 30.3 Å². The summed E-state index contributed by atoms with van der Waals surface area (Å²) < 4.78 is 18.3. The van der Waals surface area contributed by atoms with Crippen molar-refractivity contribution in [1.29, 1.82) is 0 Å². The molecule has 0 radical (unpaired) electrons. The molecule has 1 aliphatic heterocycles. The number of nitrogens with one attached hydrogen (secondary N) is 1. The lowest BCUT2D eigenvalue weighted by Crippen LogP contribution is -2.45. The zero-order chi connectivity index (χ0) is 16.4. The number of amides is 1. The minimum atomic E-state index is -1.44. The van der Waals surface area contributed by atoms with E-state index in [2.05, 4.69) is 5.32 Å². The first-order valence-electron chi connectivity index (χ1n) is 7.40. The lowest BCUT2D eigenvalue weighted by atomic mass is 9.76. The number of benzene rings is 2. The highest BCUT2D eigenvalue weighted by Gasteiger charge is 2.54. The average Bonchev–Trinajstić information content (AvgIpc) is 2.83. The summed E-state index contributed by atoms with van der Waals surface area (Å²) in [4.78, 5) is 25.3. The van der Waals surface area contributed by atoms with E-state index in [1.165, 1.54) is 12.1 Å². The molecule has 4 nitrogen and oxygen atoms in total. The lowest BCUT2D eigenvalue weighted by Gasteiger charge is -2.25. The van der Waals surface area contributed by atoms with Crippen LogP contribution in [0, 0.1) is 5.82 Å². The normalized spacial score (nSPS) is 19.1. The van der Waals surface area contributed by atoms with Crippen LogP contribution < -0.4 is 5.32 Å². The molecule has 0 unspecified atom stereocenters. The van der Waals surface area contributed by atoms with E-state index in [9.17, 15) is 14.0 Å². The Bertz CT molecular complexity index is 757. The summed E-state index contributed by atoms with van der Waals surface area (Å²) in [7, 11) is 0. The molecule has 0 aromatic heterocycles. The molecule has 2 aromatic rings. The molecule has 3 rings (SSSR count). The van der Waals surface area contributed by atoms with Gasteiger partial charge in [-0.25, -0.2) is 4.39 Å². The molecule has 1 aliphatic rings. The van der Waals surface area contributed by atoms with Crippen molar-refractivity contribution in [2.45, 2.75) is 18.8 Å². The van der Waals surface area contributed by atoms with Crippen LogP contribution in [0.2, 0.25) is 0 Å². The summed E-state index contributed by atoms with van der Waals surface area (Å²) in [5.74, 6) is -1.37. The molecule has 118 valence electrons. The molecule has 2 aromatic carbocycles. The van der Waals surface area contributed by atoms with Crippen LogP contribution in [0.3, 0.4) is 0 Å². The number of esters is 1. The minimum Gasteiger partial charge on any atom is -0.465 e. The number of rotatable bonds is 4. The second-order valence-electron chi connectivity index (χ2n) is 5.43. The number of fused-ring (bicyclic) bond motifs is 1. The second kappa shape index (κ2) is 5.83. The van der Waals surface area contributed by atoms with E-state index >= 15 is 0 Å². The maximum absolute atomic E-state index is 13.1. The molecule has 1 atom stereocenters. The van der Waals surface area contributed by atoms with Crippen LogP contribution >= 0.6 is 0 Å². The van der Waals surface area contributed by atoms with Crippen molar-refractivity contribution in [3.63, 3.8) is 0 Å². The van der Waals surface area contributed by atoms with Gasteiger partial charge in [-0.3, -0.25) is 9.59 Å². The molecular weight excluding hydrogens is 297 g/mol. The van der Waals surface area contributed by atoms with Crippen LogP contribution in [0.15, 0.2) is 48.5 Å². The van der Waals surface area contributed by atoms with Crippen LogP contribution in [0.4, 0.5) is 10.1 Å². The molecule has 23 heavy (non-hydrogen) atoms. The van der Waals surface area contributed by atoms with Gasteiger partial charge in [0.25, 0.3) is 0 Å². The summed E-state index contributed by atoms with van der Waals surface area (Å²) in [6, 6.07) is 12.8. The Balaban J connectivity index is 2.10. The SMILES string of the molecule is CCOC(=O)[C@@]1(Cc2ccc(F)cc2)C(=O)Nc2ccccc21. The summed E-state index contributed by atoms with van der Waals surface area (Å²) >= 11 is 0. The standard InChI is InChI=1S/C18H16FNO3/c1-2-23-17(22)18(11-12-7-9-13(19)10-8-12)14-5-3-4-6-15(14)20-16(18)21/h3-10H,2,11H2,1H3,(H,20,21)/t18-/m1/s1. The van der Waals surface area contributed by atoms with Crippen molar-refractivity contribution < 1.29 is 18.7 Å². The quantitative estimate of drug-likeness (QED) is 0.697. The molecular formula is C18H16FNO3. The van der Waals surface area contributed by atoms with Crippen molar-refractivity contribution in [2.24, 2.45) is 0 Å². The first-order chi connectivity index (χ1) is 11.1. The fourth-order valence-electron chi connectivity index (χ4n) is 2.93. The molecule has 0 spiro atoms. The van der Waals surface area contributed by atoms with Crippen molar-refractivity contribution in [2.75, 3.05) is 11.9 Å². The number of halogens is 1. The third kappa shape index (κ3) is 2.48. The zero-order valence-corrected chi connectivity index (χ0v) is 12.6. The largest absolute Gasteiger partial charge is 0.465 e. The monoisotopic (exact) mass is 313 g/mol. The Labute approximate surface area is 133 Å². The van der Waals surface area contributed by atoms with Crippen molar-refractivity contribution in [1.82, 2.24) is 0 Å². The van der Waals surface area contributed by atoms with E-state index in [-0.39, 0.29) is 18.8 Å². The number of hydrogen-bond donors (Lipinski definition) is 1. The number of carbonyl (C=O) groups excluding carboxylic acids is 2. The molecule has 0 saturated carbocycles. The Morgan fingerprint density at radius 1 is 1.17 bits per heavy atom. The Hall–Kier alpha value is -2.69. The highest BCUT2D eigenvalue weighted by molar-refractivity contribution is 6.19. The Kier molecular flexibility index (Phi) is 3.86. The van der Waals surface area contributed by atoms with Crippen LogP contribution in [0.1, 0.15) is 18.1 Å². The summed E-state index contributed by atoms with van der Waals surface area (Å²) in [5, 5.41) is 2.75. The van der Waals surface area contributed by atoms with Gasteiger partial charge in [-0.15, -0.1) is 0 Å². The van der Waals surface area contributed by atoms with Gasteiger partial charge in [-0.05, 0) is 30.7 Å². The van der Waals surface area contributed by atoms with Crippen molar-refractivity contribution in [3.05, 3.63) is 65.5 Å². The fourth-order valence-corrected chi connectivity index (χ4v) is 2.93. The lowest BCUT2D eigenvalue weighted by molar-refractivity contribution is -0.153. The van der Waals surface area contributed by atoms with Gasteiger partial charge < -0.3 is 10.1 Å². The minimum absolute atomic E-state index is 0.120. The number of anilines is 1. The summed E-state index contributed by atoms with van der Waals surface area (Å²) in [5.41, 5.74) is 0.441. The van der Waals surface area contributed by atoms with Crippen LogP contribution in [-0.2, 0) is 26.2 Å². The van der Waals surface area contributed by atoms with Crippen LogP contribution in [0.5, 0.6) is 0 Å². The summed E-state index contributed by atoms with van der Waals surface area (Å²) in [6.45, 7) is 1.88. The maximum Gasteiger partial charge on any atom is 0.326 e.